The Morgan fingerprint density at radius 2 is 0.824 bits per heavy atom. The van der Waals surface area contributed by atoms with Crippen molar-refractivity contribution in [3.63, 3.8) is 0 Å². The number of nitrogens with one attached hydrogen (secondary N) is 2. The van der Waals surface area contributed by atoms with E-state index in [0.717, 1.165) is 41.4 Å². The number of fused-ring (bicyclic) bond motifs is 2. The van der Waals surface area contributed by atoms with Gasteiger partial charge in [-0.05, 0) is 121 Å². The Bertz CT molecular complexity index is 4450. The third-order valence-corrected chi connectivity index (χ3v) is 35.5. The van der Waals surface area contributed by atoms with E-state index in [1.807, 2.05) is 132 Å². The fourth-order valence-corrected chi connectivity index (χ4v) is 29.1. The molecule has 0 atom stereocenters. The van der Waals surface area contributed by atoms with Crippen LogP contribution in [0.4, 0.5) is 66.7 Å². The van der Waals surface area contributed by atoms with Gasteiger partial charge >= 0.3 is 132 Å². The van der Waals surface area contributed by atoms with Crippen LogP contribution in [0, 0.1) is 47.5 Å². The average molecular weight is 1900 g/mol. The van der Waals surface area contributed by atoms with Gasteiger partial charge in [0.25, 0.3) is 11.8 Å². The van der Waals surface area contributed by atoms with Crippen LogP contribution in [0.3, 0.4) is 0 Å². The number of unbranched alkanes of at least 4 members (excludes halogenated alkanes) is 3. The van der Waals surface area contributed by atoms with Crippen molar-refractivity contribution >= 4 is 74.7 Å². The molecular weight excluding hydrogens is 1800 g/mol. The third-order valence-electron chi connectivity index (χ3n) is 20.0. The van der Waals surface area contributed by atoms with Crippen LogP contribution in [-0.2, 0) is 38.2 Å². The second kappa shape index (κ2) is 48.2. The molecule has 0 bridgehead atoms. The van der Waals surface area contributed by atoms with E-state index < -0.39 is 71.4 Å². The van der Waals surface area contributed by atoms with Crippen LogP contribution >= 0.6 is 15.9 Å². The summed E-state index contributed by atoms with van der Waals surface area (Å²) in [5, 5.41) is 6.96. The zero-order valence-electron chi connectivity index (χ0n) is 67.2. The van der Waals surface area contributed by atoms with Crippen LogP contribution in [0.2, 0.25) is 13.3 Å². The van der Waals surface area contributed by atoms with Gasteiger partial charge in [0.1, 0.15) is 22.8 Å². The minimum absolute atomic E-state index is 0. The molecule has 4 aliphatic heterocycles. The van der Waals surface area contributed by atoms with Gasteiger partial charge in [0, 0.05) is 118 Å². The number of likely N-dealkylation sites (tertiary alicyclic amines) is 2. The van der Waals surface area contributed by atoms with Gasteiger partial charge in [0.05, 0.1) is 11.1 Å². The van der Waals surface area contributed by atoms with E-state index in [1.165, 1.54) is 122 Å². The van der Waals surface area contributed by atoms with Gasteiger partial charge in [0.15, 0.2) is 29.1 Å². The molecule has 2 spiro atoms. The first-order valence-electron chi connectivity index (χ1n) is 39.3. The van der Waals surface area contributed by atoms with Crippen molar-refractivity contribution in [2.75, 3.05) is 53.2 Å². The van der Waals surface area contributed by atoms with Gasteiger partial charge in [-0.25, -0.2) is 17.6 Å². The molecule has 0 saturated carbocycles. The van der Waals surface area contributed by atoms with Crippen LogP contribution < -0.4 is 29.9 Å². The quantitative estimate of drug-likeness (QED) is 0.0237. The largest absolute Gasteiger partial charge is 0.573 e. The first-order chi connectivity index (χ1) is 56.6. The Morgan fingerprint density at radius 3 is 1.12 bits per heavy atom. The molecule has 2 N–H and O–H groups in total. The SMILES string of the molecule is C=[C](OCC)[Sn]([CH2]CCC)([CH2]CCC)[CH2]CCC.CC(=O)c1ccc2c(c1)NC1(CCN(Cc3ccc(F)c(F)c3)CC1)N(c1ccc(OC(F)(F)F)cc1)C2=O.O=C1c2ccc(Br)cc2NC2(CCN(Cc3ccc(F)c(F)c3)CC2)N1c1ccc(OC(F)(F)F)cc1.[Pd].[c-]1ccccc1.[c-]1ccccc1.[c-]1ccccc1.[c-]1ccccc1. The molecule has 2 fully saturated rings. The van der Waals surface area contributed by atoms with Gasteiger partial charge in [-0.3, -0.25) is 34.0 Å². The van der Waals surface area contributed by atoms with Crippen LogP contribution in [0.15, 0.2) is 257 Å². The summed E-state index contributed by atoms with van der Waals surface area (Å²) in [4.78, 5) is 46.8. The summed E-state index contributed by atoms with van der Waals surface area (Å²) in [6, 6.07) is 77.9. The number of amides is 2. The molecule has 4 heterocycles. The molecule has 10 aromatic rings. The number of ketones is 1. The molecule has 2 saturated heterocycles. The number of hydrogen-bond donors (Lipinski definition) is 2. The Balaban J connectivity index is 0.000000222. The molecule has 2 amide bonds. The number of carbonyl (C=O) groups excluding carboxylic acids is 3. The maximum Gasteiger partial charge on any atom is 0.573 e. The predicted molar refractivity (Wildman–Crippen MR) is 452 cm³/mol. The van der Waals surface area contributed by atoms with Crippen molar-refractivity contribution in [1.82, 2.24) is 9.80 Å². The molecule has 10 aromatic carbocycles. The van der Waals surface area contributed by atoms with E-state index >= 15 is 0 Å². The number of piperidine rings is 2. The molecule has 14 rings (SSSR count). The normalized spacial score (nSPS) is 14.4. The number of benzene rings is 10. The van der Waals surface area contributed by atoms with Crippen LogP contribution in [0.5, 0.6) is 11.5 Å². The second-order valence-corrected chi connectivity index (χ2v) is 42.6. The molecule has 119 heavy (non-hydrogen) atoms. The molecule has 12 nitrogen and oxygen atoms in total. The number of Topliss-reactive ketones (excluding diaryl/α,β-unsaturated/α-hetero) is 1. The number of ether oxygens (including phenoxy) is 3. The number of alkyl halides is 6. The number of halogens is 11. The minimum Gasteiger partial charge on any atom is -0.406 e. The molecule has 25 heteroatoms. The monoisotopic (exact) mass is 1900 g/mol. The maximum atomic E-state index is 13.8. The maximum absolute atomic E-state index is 13.8. The summed E-state index contributed by atoms with van der Waals surface area (Å²) in [5.41, 5.74) is 2.59. The van der Waals surface area contributed by atoms with Crippen LogP contribution in [-0.4, -0.2) is 103 Å². The number of hydrogen-bond acceptors (Lipinski definition) is 10. The summed E-state index contributed by atoms with van der Waals surface area (Å²) >= 11 is 1.19. The van der Waals surface area contributed by atoms with Crippen molar-refractivity contribution in [2.45, 2.75) is 149 Å². The van der Waals surface area contributed by atoms with Crippen molar-refractivity contribution in [2.24, 2.45) is 0 Å². The topological polar surface area (TPSA) is 116 Å². The summed E-state index contributed by atoms with van der Waals surface area (Å²) in [7, 11) is 0. The van der Waals surface area contributed by atoms with E-state index in [0.29, 0.717) is 116 Å². The Kier molecular flexibility index (Phi) is 39.2. The van der Waals surface area contributed by atoms with Gasteiger partial charge < -0.3 is 20.1 Å². The minimum atomic E-state index is -4.85. The number of rotatable bonds is 21. The zero-order valence-corrected chi connectivity index (χ0v) is 73.2. The van der Waals surface area contributed by atoms with Gasteiger partial charge in [-0.2, -0.15) is 146 Å². The number of anilines is 4. The van der Waals surface area contributed by atoms with Crippen molar-refractivity contribution in [3.8, 4) is 11.5 Å². The molecule has 0 aliphatic carbocycles. The smallest absolute Gasteiger partial charge is 0.406 e. The van der Waals surface area contributed by atoms with E-state index in [-0.39, 0.29) is 43.8 Å². The first kappa shape index (κ1) is 96.8. The fourth-order valence-electron chi connectivity index (χ4n) is 14.1. The molecule has 0 unspecified atom stereocenters. The summed E-state index contributed by atoms with van der Waals surface area (Å²) < 4.78 is 150. The Labute approximate surface area is 719 Å². The fraction of sp³-hybridized carbons (Fsp3) is 0.309. The van der Waals surface area contributed by atoms with Crippen LogP contribution in [0.25, 0.3) is 0 Å². The number of nitrogens with zero attached hydrogens (tertiary/aromatic N) is 4. The Morgan fingerprint density at radius 1 is 0.479 bits per heavy atom. The number of carbonyl (C=O) groups is 3. The molecule has 0 aromatic heterocycles. The van der Waals surface area contributed by atoms with E-state index in [4.69, 9.17) is 4.74 Å². The summed E-state index contributed by atoms with van der Waals surface area (Å²) in [6.07, 6.45) is 0.213. The Hall–Kier alpha value is -9.29. The first-order valence-corrected chi connectivity index (χ1v) is 47.6. The van der Waals surface area contributed by atoms with Gasteiger partial charge in [-0.15, -0.1) is 26.3 Å². The second-order valence-electron chi connectivity index (χ2n) is 28.5. The summed E-state index contributed by atoms with van der Waals surface area (Å²) in [5.74, 6) is -5.26. The molecule has 4 aliphatic rings. The van der Waals surface area contributed by atoms with Crippen LogP contribution in [0.1, 0.15) is 141 Å². The van der Waals surface area contributed by atoms with Crippen molar-refractivity contribution in [3.05, 3.63) is 333 Å². The molecule has 636 valence electrons. The van der Waals surface area contributed by atoms with E-state index in [2.05, 4.69) is 99.5 Å². The summed E-state index contributed by atoms with van der Waals surface area (Å²) in [6.45, 7) is 18.4. The van der Waals surface area contributed by atoms with Gasteiger partial charge in [0.2, 0.25) is 0 Å². The standard InChI is InChI=1S/C28H24F5N3O3.C26H21BrF5N3O2.4C6H5.C4H7O.3C4H9.Pd.Sn/c1-17(37)19-3-8-22-25(15-19)34-27(10-12-35(13-11-27)16-18-2-9-23(29)24(30)14-18)36(26(22)38)20-4-6-21(7-5-20)39-28(31,32)33;27-17-2-7-20-23(14-17)33-25(9-11-34(12-10-25)15-16-1-8-21(28)22(29)13-16)35(24(20)36)18-3-5-19(6-4-18)37-26(30,31)32;4*1-2-4-6-5-3-1;1-3-5-4-2;3*1-3-4-2;;/h2-9,14-15,34H,10-13,16H2,1H3;1-8,13-14,33H,9-12,15H2;4*1-5H;1,4H2,2H3;3*1,3-4H2,2H3;;/q;;4*-1;;;;;;. The zero-order chi connectivity index (χ0) is 85.1. The van der Waals surface area contributed by atoms with Crippen molar-refractivity contribution < 1.29 is 92.9 Å². The average Bonchev–Trinajstić information content (AvgIpc) is 0.738. The van der Waals surface area contributed by atoms with Crippen molar-refractivity contribution in [1.29, 1.82) is 0 Å². The predicted octanol–water partition coefficient (Wildman–Crippen LogP) is 24.7. The van der Waals surface area contributed by atoms with E-state index in [9.17, 15) is 58.3 Å². The third kappa shape index (κ3) is 30.1. The van der Waals surface area contributed by atoms with E-state index in [1.54, 1.807) is 35.2 Å². The molecule has 0 radical (unpaired) electrons. The molecular formula is C94H99BrF10N6O6PdSn-4. The van der Waals surface area contributed by atoms with Gasteiger partial charge in [-0.1, -0.05) is 34.1 Å².